The molecule has 5 nitrogen and oxygen atoms in total. The number of esters is 1. The number of hydrogen-bond donors (Lipinski definition) is 1. The molecule has 0 aliphatic heterocycles. The molecule has 1 aromatic carbocycles. The molecule has 0 bridgehead atoms. The van der Waals surface area contributed by atoms with Crippen molar-refractivity contribution in [1.29, 1.82) is 0 Å². The molecule has 8 heteroatoms. The summed E-state index contributed by atoms with van der Waals surface area (Å²) in [6.07, 6.45) is 0. The average molecular weight is 387 g/mol. The first-order valence-electron chi connectivity index (χ1n) is 7.46. The highest BCUT2D eigenvalue weighted by atomic mass is 35.5. The fourth-order valence-corrected chi connectivity index (χ4v) is 2.45. The highest BCUT2D eigenvalue weighted by molar-refractivity contribution is 6.38. The molecule has 1 N–H and O–H groups in total. The second kappa shape index (κ2) is 8.36. The van der Waals surface area contributed by atoms with E-state index in [1.807, 2.05) is 32.0 Å². The molecule has 1 heterocycles. The van der Waals surface area contributed by atoms with E-state index in [1.54, 1.807) is 6.07 Å². The van der Waals surface area contributed by atoms with Crippen LogP contribution in [-0.4, -0.2) is 24.6 Å². The molecular weight excluding hydrogens is 370 g/mol. The summed E-state index contributed by atoms with van der Waals surface area (Å²) in [5.41, 5.74) is 1.04. The smallest absolute Gasteiger partial charge is 0.325 e. The lowest BCUT2D eigenvalue weighted by atomic mass is 10.0. The molecular formula is C17H17Cl2FN2O3. The summed E-state index contributed by atoms with van der Waals surface area (Å²) in [6, 6.07) is 7.30. The van der Waals surface area contributed by atoms with E-state index in [2.05, 4.69) is 15.0 Å². The average Bonchev–Trinajstić information content (AvgIpc) is 2.60. The molecule has 1 aromatic heterocycles. The van der Waals surface area contributed by atoms with Crippen molar-refractivity contribution in [2.75, 3.05) is 19.0 Å². The van der Waals surface area contributed by atoms with Crippen molar-refractivity contribution in [3.8, 4) is 11.5 Å². The van der Waals surface area contributed by atoms with Crippen LogP contribution in [0, 0.1) is 5.95 Å². The molecule has 0 amide bonds. The Bertz CT molecular complexity index is 785. The molecule has 0 saturated heterocycles. The van der Waals surface area contributed by atoms with E-state index < -0.39 is 11.9 Å². The third kappa shape index (κ3) is 4.74. The number of benzene rings is 1. The van der Waals surface area contributed by atoms with Gasteiger partial charge in [0.2, 0.25) is 5.95 Å². The second-order valence-corrected chi connectivity index (χ2v) is 6.22. The summed E-state index contributed by atoms with van der Waals surface area (Å²) >= 11 is 12.2. The van der Waals surface area contributed by atoms with Crippen molar-refractivity contribution in [3.05, 3.63) is 45.8 Å². The molecule has 0 radical (unpaired) electrons. The predicted molar refractivity (Wildman–Crippen MR) is 95.3 cm³/mol. The zero-order valence-corrected chi connectivity index (χ0v) is 15.4. The number of aromatic nitrogens is 1. The van der Waals surface area contributed by atoms with Crippen LogP contribution >= 0.6 is 23.2 Å². The minimum absolute atomic E-state index is 0.0368. The third-order valence-electron chi connectivity index (χ3n) is 3.37. The van der Waals surface area contributed by atoms with Gasteiger partial charge in [0.1, 0.15) is 22.3 Å². The van der Waals surface area contributed by atoms with Gasteiger partial charge in [0.25, 0.3) is 0 Å². The highest BCUT2D eigenvalue weighted by Crippen LogP contribution is 2.41. The van der Waals surface area contributed by atoms with E-state index in [0.717, 1.165) is 5.56 Å². The Morgan fingerprint density at radius 3 is 2.68 bits per heavy atom. The van der Waals surface area contributed by atoms with Crippen molar-refractivity contribution in [3.63, 3.8) is 0 Å². The maximum absolute atomic E-state index is 14.0. The first kappa shape index (κ1) is 19.3. The number of rotatable bonds is 6. The quantitative estimate of drug-likeness (QED) is 0.557. The Morgan fingerprint density at radius 1 is 1.32 bits per heavy atom. The van der Waals surface area contributed by atoms with Gasteiger partial charge < -0.3 is 14.8 Å². The van der Waals surface area contributed by atoms with Gasteiger partial charge in [-0.3, -0.25) is 4.79 Å². The minimum Gasteiger partial charge on any atom is -0.468 e. The number of ether oxygens (including phenoxy) is 2. The summed E-state index contributed by atoms with van der Waals surface area (Å²) < 4.78 is 24.2. The first-order valence-corrected chi connectivity index (χ1v) is 8.22. The number of nitrogens with one attached hydrogen (secondary N) is 1. The number of hydrogen-bond acceptors (Lipinski definition) is 5. The van der Waals surface area contributed by atoms with Crippen LogP contribution in [0.1, 0.15) is 25.3 Å². The number of methoxy groups -OCH3 is 1. The lowest BCUT2D eigenvalue weighted by Crippen LogP contribution is -2.16. The molecule has 0 atom stereocenters. The molecule has 2 aromatic rings. The molecule has 134 valence electrons. The van der Waals surface area contributed by atoms with E-state index in [1.165, 1.54) is 7.11 Å². The minimum atomic E-state index is -0.964. The molecule has 0 aliphatic carbocycles. The zero-order chi connectivity index (χ0) is 18.6. The number of pyridine rings is 1. The van der Waals surface area contributed by atoms with Crippen LogP contribution in [-0.2, 0) is 9.53 Å². The molecule has 25 heavy (non-hydrogen) atoms. The van der Waals surface area contributed by atoms with Gasteiger partial charge in [-0.1, -0.05) is 49.2 Å². The first-order chi connectivity index (χ1) is 11.8. The summed E-state index contributed by atoms with van der Waals surface area (Å²) in [7, 11) is 1.23. The van der Waals surface area contributed by atoms with Crippen LogP contribution in [0.2, 0.25) is 10.0 Å². The predicted octanol–water partition coefficient (Wildman–Crippen LogP) is 5.03. The highest BCUT2D eigenvalue weighted by Gasteiger charge is 2.20. The summed E-state index contributed by atoms with van der Waals surface area (Å²) in [4.78, 5) is 14.8. The monoisotopic (exact) mass is 386 g/mol. The van der Waals surface area contributed by atoms with Gasteiger partial charge in [-0.25, -0.2) is 0 Å². The number of carbonyl (C=O) groups excluding carboxylic acids is 1. The van der Waals surface area contributed by atoms with E-state index in [9.17, 15) is 9.18 Å². The van der Waals surface area contributed by atoms with Crippen LogP contribution in [0.5, 0.6) is 11.5 Å². The second-order valence-electron chi connectivity index (χ2n) is 5.47. The van der Waals surface area contributed by atoms with E-state index in [4.69, 9.17) is 27.9 Å². The Hall–Kier alpha value is -2.05. The maximum atomic E-state index is 14.0. The molecule has 0 unspecified atom stereocenters. The summed E-state index contributed by atoms with van der Waals surface area (Å²) in [6.45, 7) is 3.85. The molecule has 0 aliphatic rings. The Balaban J connectivity index is 2.35. The Labute approximate surface area is 155 Å². The number of halogens is 3. The van der Waals surface area contributed by atoms with Crippen LogP contribution < -0.4 is 10.1 Å². The maximum Gasteiger partial charge on any atom is 0.325 e. The molecule has 2 rings (SSSR count). The van der Waals surface area contributed by atoms with Gasteiger partial charge in [-0.15, -0.1) is 0 Å². The lowest BCUT2D eigenvalue weighted by molar-refractivity contribution is -0.138. The number of anilines is 1. The fraction of sp³-hybridized carbons (Fsp3) is 0.294. The van der Waals surface area contributed by atoms with Crippen molar-refractivity contribution in [2.45, 2.75) is 19.8 Å². The normalized spacial score (nSPS) is 10.7. The van der Waals surface area contributed by atoms with Crippen LogP contribution in [0.4, 0.5) is 10.2 Å². The van der Waals surface area contributed by atoms with Crippen molar-refractivity contribution < 1.29 is 18.7 Å². The van der Waals surface area contributed by atoms with Crippen molar-refractivity contribution >= 4 is 35.0 Å². The van der Waals surface area contributed by atoms with Gasteiger partial charge in [0.15, 0.2) is 11.6 Å². The Kier molecular flexibility index (Phi) is 6.45. The summed E-state index contributed by atoms with van der Waals surface area (Å²) in [5, 5.41) is 2.21. The van der Waals surface area contributed by atoms with Gasteiger partial charge in [0, 0.05) is 0 Å². The van der Waals surface area contributed by atoms with Gasteiger partial charge >= 0.3 is 5.97 Å². The fourth-order valence-electron chi connectivity index (χ4n) is 1.98. The lowest BCUT2D eigenvalue weighted by Gasteiger charge is -2.14. The largest absolute Gasteiger partial charge is 0.468 e. The topological polar surface area (TPSA) is 60.5 Å². The number of carbonyl (C=O) groups is 1. The van der Waals surface area contributed by atoms with Crippen LogP contribution in [0.15, 0.2) is 24.3 Å². The Morgan fingerprint density at radius 2 is 2.04 bits per heavy atom. The van der Waals surface area contributed by atoms with Crippen molar-refractivity contribution in [2.24, 2.45) is 0 Å². The molecule has 0 fully saturated rings. The van der Waals surface area contributed by atoms with Crippen LogP contribution in [0.25, 0.3) is 0 Å². The summed E-state index contributed by atoms with van der Waals surface area (Å²) in [5.74, 6) is -0.915. The van der Waals surface area contributed by atoms with Gasteiger partial charge in [-0.05, 0) is 23.6 Å². The van der Waals surface area contributed by atoms with E-state index >= 15 is 0 Å². The van der Waals surface area contributed by atoms with Crippen molar-refractivity contribution in [1.82, 2.24) is 4.98 Å². The third-order valence-corrected chi connectivity index (χ3v) is 4.05. The molecule has 0 spiro atoms. The number of nitrogens with zero attached hydrogens (tertiary/aromatic N) is 1. The van der Waals surface area contributed by atoms with E-state index in [0.29, 0.717) is 11.7 Å². The van der Waals surface area contributed by atoms with Gasteiger partial charge in [0.05, 0.1) is 7.11 Å². The standard InChI is InChI=1S/C17H17Cl2FN2O3/c1-9(2)10-5-4-6-11(7-10)25-15-13(18)16(20)22-17(14(15)19)21-8-12(23)24-3/h4-7,9H,8H2,1-3H3,(H,21,22). The SMILES string of the molecule is COC(=O)CNc1nc(F)c(Cl)c(Oc2cccc(C(C)C)c2)c1Cl. The zero-order valence-electron chi connectivity index (χ0n) is 13.9. The van der Waals surface area contributed by atoms with E-state index in [-0.39, 0.29) is 28.2 Å². The van der Waals surface area contributed by atoms with Crippen LogP contribution in [0.3, 0.4) is 0 Å². The molecule has 0 saturated carbocycles. The van der Waals surface area contributed by atoms with Gasteiger partial charge in [-0.2, -0.15) is 9.37 Å².